The molecule has 0 bridgehead atoms. The Labute approximate surface area is 107 Å². The summed E-state index contributed by atoms with van der Waals surface area (Å²) in [6, 6.07) is 7.39. The number of hydrogen-bond acceptors (Lipinski definition) is 4. The molecule has 18 heavy (non-hydrogen) atoms. The Bertz CT molecular complexity index is 413. The van der Waals surface area contributed by atoms with E-state index in [1.165, 1.54) is 0 Å². The first-order chi connectivity index (χ1) is 8.52. The quantitative estimate of drug-likeness (QED) is 0.807. The maximum Gasteiger partial charge on any atom is 0.306 e. The standard InChI is InChI=1S/C13H18N2O3/c1-4-13(17)18-9-12(16)14-10-5-7-11(8-6-10)15(2)3/h5-8H,4,9H2,1-3H3,(H,14,16). The maximum atomic E-state index is 11.5. The molecule has 1 aromatic carbocycles. The van der Waals surface area contributed by atoms with Gasteiger partial charge >= 0.3 is 5.97 Å². The van der Waals surface area contributed by atoms with E-state index in [0.717, 1.165) is 5.69 Å². The number of nitrogens with one attached hydrogen (secondary N) is 1. The summed E-state index contributed by atoms with van der Waals surface area (Å²) in [6.07, 6.45) is 0.269. The lowest BCUT2D eigenvalue weighted by Crippen LogP contribution is -2.20. The molecule has 1 amide bonds. The van der Waals surface area contributed by atoms with Crippen molar-refractivity contribution >= 4 is 23.3 Å². The van der Waals surface area contributed by atoms with Crippen LogP contribution in [0.5, 0.6) is 0 Å². The van der Waals surface area contributed by atoms with Gasteiger partial charge in [-0.25, -0.2) is 0 Å². The smallest absolute Gasteiger partial charge is 0.306 e. The van der Waals surface area contributed by atoms with Crippen molar-refractivity contribution in [1.82, 2.24) is 0 Å². The maximum absolute atomic E-state index is 11.5. The van der Waals surface area contributed by atoms with Crippen LogP contribution in [-0.2, 0) is 14.3 Å². The fourth-order valence-electron chi connectivity index (χ4n) is 1.29. The van der Waals surface area contributed by atoms with E-state index in [9.17, 15) is 9.59 Å². The highest BCUT2D eigenvalue weighted by Gasteiger charge is 2.06. The average molecular weight is 250 g/mol. The van der Waals surface area contributed by atoms with Crippen molar-refractivity contribution in [2.75, 3.05) is 30.9 Å². The van der Waals surface area contributed by atoms with Gasteiger partial charge in [-0.15, -0.1) is 0 Å². The van der Waals surface area contributed by atoms with Crippen molar-refractivity contribution in [3.63, 3.8) is 0 Å². The second-order valence-corrected chi connectivity index (χ2v) is 4.00. The predicted octanol–water partition coefficient (Wildman–Crippen LogP) is 1.64. The van der Waals surface area contributed by atoms with Gasteiger partial charge in [0.1, 0.15) is 0 Å². The van der Waals surface area contributed by atoms with E-state index in [2.05, 4.69) is 5.32 Å². The molecule has 0 aliphatic carbocycles. The second kappa shape index (κ2) is 6.64. The molecule has 98 valence electrons. The molecule has 0 spiro atoms. The number of nitrogens with zero attached hydrogens (tertiary/aromatic N) is 1. The van der Waals surface area contributed by atoms with Gasteiger partial charge in [0.15, 0.2) is 6.61 Å². The molecule has 1 N–H and O–H groups in total. The Balaban J connectivity index is 2.47. The summed E-state index contributed by atoms with van der Waals surface area (Å²) in [6.45, 7) is 1.43. The summed E-state index contributed by atoms with van der Waals surface area (Å²) in [5.41, 5.74) is 1.73. The summed E-state index contributed by atoms with van der Waals surface area (Å²) < 4.78 is 4.73. The van der Waals surface area contributed by atoms with E-state index in [4.69, 9.17) is 4.74 Å². The van der Waals surface area contributed by atoms with E-state index < -0.39 is 0 Å². The minimum Gasteiger partial charge on any atom is -0.456 e. The van der Waals surface area contributed by atoms with E-state index in [1.807, 2.05) is 31.1 Å². The Morgan fingerprint density at radius 3 is 2.33 bits per heavy atom. The first kappa shape index (κ1) is 14.0. The van der Waals surface area contributed by atoms with Gasteiger partial charge in [-0.1, -0.05) is 6.92 Å². The van der Waals surface area contributed by atoms with Gasteiger partial charge in [0, 0.05) is 31.9 Å². The molecule has 0 aliphatic heterocycles. The number of esters is 1. The molecule has 0 aromatic heterocycles. The molecule has 5 heteroatoms. The van der Waals surface area contributed by atoms with Crippen molar-refractivity contribution in [3.05, 3.63) is 24.3 Å². The number of anilines is 2. The van der Waals surface area contributed by atoms with E-state index in [-0.39, 0.29) is 24.9 Å². The van der Waals surface area contributed by atoms with E-state index in [0.29, 0.717) is 5.69 Å². The summed E-state index contributed by atoms with van der Waals surface area (Å²) in [4.78, 5) is 24.3. The van der Waals surface area contributed by atoms with Crippen LogP contribution in [-0.4, -0.2) is 32.6 Å². The average Bonchev–Trinajstić information content (AvgIpc) is 2.36. The minimum atomic E-state index is -0.381. The van der Waals surface area contributed by atoms with Crippen LogP contribution < -0.4 is 10.2 Å². The second-order valence-electron chi connectivity index (χ2n) is 4.00. The molecule has 0 saturated carbocycles. The van der Waals surface area contributed by atoms with Crippen LogP contribution >= 0.6 is 0 Å². The van der Waals surface area contributed by atoms with Gasteiger partial charge in [-0.2, -0.15) is 0 Å². The topological polar surface area (TPSA) is 58.6 Å². The molecule has 0 aliphatic rings. The molecule has 1 aromatic rings. The summed E-state index contributed by atoms with van der Waals surface area (Å²) in [7, 11) is 3.88. The Hall–Kier alpha value is -2.04. The fraction of sp³-hybridized carbons (Fsp3) is 0.385. The van der Waals surface area contributed by atoms with Crippen molar-refractivity contribution in [2.24, 2.45) is 0 Å². The van der Waals surface area contributed by atoms with Crippen molar-refractivity contribution in [3.8, 4) is 0 Å². The monoisotopic (exact) mass is 250 g/mol. The normalized spacial score (nSPS) is 9.72. The van der Waals surface area contributed by atoms with Crippen LogP contribution in [0.4, 0.5) is 11.4 Å². The Morgan fingerprint density at radius 2 is 1.83 bits per heavy atom. The minimum absolute atomic E-state index is 0.248. The zero-order valence-electron chi connectivity index (χ0n) is 10.9. The number of carbonyl (C=O) groups excluding carboxylic acids is 2. The first-order valence-electron chi connectivity index (χ1n) is 5.75. The summed E-state index contributed by atoms with van der Waals surface area (Å²) in [5.74, 6) is -0.720. The predicted molar refractivity (Wildman–Crippen MR) is 70.6 cm³/mol. The van der Waals surface area contributed by atoms with Gasteiger partial charge in [-0.05, 0) is 24.3 Å². The van der Waals surface area contributed by atoms with Gasteiger partial charge < -0.3 is 15.0 Å². The van der Waals surface area contributed by atoms with Gasteiger partial charge in [0.25, 0.3) is 5.91 Å². The number of rotatable bonds is 5. The van der Waals surface area contributed by atoms with Crippen LogP contribution in [0.15, 0.2) is 24.3 Å². The number of amides is 1. The third-order valence-corrected chi connectivity index (χ3v) is 2.32. The molecule has 0 atom stereocenters. The van der Waals surface area contributed by atoms with E-state index in [1.54, 1.807) is 19.1 Å². The molecule has 5 nitrogen and oxygen atoms in total. The molecule has 0 saturated heterocycles. The molecule has 0 unspecified atom stereocenters. The zero-order valence-corrected chi connectivity index (χ0v) is 10.9. The summed E-state index contributed by atoms with van der Waals surface area (Å²) >= 11 is 0. The fourth-order valence-corrected chi connectivity index (χ4v) is 1.29. The zero-order chi connectivity index (χ0) is 13.5. The molecule has 0 radical (unpaired) electrons. The van der Waals surface area contributed by atoms with Crippen LogP contribution in [0.1, 0.15) is 13.3 Å². The Kier molecular flexibility index (Phi) is 5.17. The van der Waals surface area contributed by atoms with E-state index >= 15 is 0 Å². The highest BCUT2D eigenvalue weighted by atomic mass is 16.5. The van der Waals surface area contributed by atoms with Gasteiger partial charge in [0.05, 0.1) is 0 Å². The molecule has 0 heterocycles. The Morgan fingerprint density at radius 1 is 1.22 bits per heavy atom. The highest BCUT2D eigenvalue weighted by molar-refractivity contribution is 5.92. The number of ether oxygens (including phenoxy) is 1. The number of carbonyl (C=O) groups is 2. The van der Waals surface area contributed by atoms with Crippen molar-refractivity contribution < 1.29 is 14.3 Å². The lowest BCUT2D eigenvalue weighted by Gasteiger charge is -2.13. The third kappa shape index (κ3) is 4.45. The third-order valence-electron chi connectivity index (χ3n) is 2.32. The van der Waals surface area contributed by atoms with Gasteiger partial charge in [0.2, 0.25) is 0 Å². The lowest BCUT2D eigenvalue weighted by atomic mass is 10.2. The molecule has 1 rings (SSSR count). The van der Waals surface area contributed by atoms with Gasteiger partial charge in [-0.3, -0.25) is 9.59 Å². The number of hydrogen-bond donors (Lipinski definition) is 1. The highest BCUT2D eigenvalue weighted by Crippen LogP contribution is 2.15. The largest absolute Gasteiger partial charge is 0.456 e. The first-order valence-corrected chi connectivity index (χ1v) is 5.75. The lowest BCUT2D eigenvalue weighted by molar-refractivity contribution is -0.146. The van der Waals surface area contributed by atoms with Crippen LogP contribution in [0.25, 0.3) is 0 Å². The van der Waals surface area contributed by atoms with Crippen LogP contribution in [0.2, 0.25) is 0 Å². The molecular formula is C13H18N2O3. The SMILES string of the molecule is CCC(=O)OCC(=O)Nc1ccc(N(C)C)cc1. The van der Waals surface area contributed by atoms with Crippen molar-refractivity contribution in [2.45, 2.75) is 13.3 Å². The summed E-state index contributed by atoms with van der Waals surface area (Å²) in [5, 5.41) is 2.65. The molecular weight excluding hydrogens is 232 g/mol. The van der Waals surface area contributed by atoms with Crippen molar-refractivity contribution in [1.29, 1.82) is 0 Å². The van der Waals surface area contributed by atoms with Crippen LogP contribution in [0.3, 0.4) is 0 Å². The van der Waals surface area contributed by atoms with Crippen LogP contribution in [0, 0.1) is 0 Å². The number of benzene rings is 1. The molecule has 0 fully saturated rings.